The first-order valence-corrected chi connectivity index (χ1v) is 5.30. The summed E-state index contributed by atoms with van der Waals surface area (Å²) in [5, 5.41) is 3.33. The maximum Gasteiger partial charge on any atom is 0.173 e. The Kier molecular flexibility index (Phi) is 3.03. The Hall–Kier alpha value is -0.320. The monoisotopic (exact) mass is 244 g/mol. The molecule has 3 nitrogen and oxygen atoms in total. The van der Waals surface area contributed by atoms with Gasteiger partial charge in [-0.25, -0.2) is 0 Å². The van der Waals surface area contributed by atoms with E-state index < -0.39 is 0 Å². The molecule has 0 atom stereocenters. The predicted molar refractivity (Wildman–Crippen MR) is 54.6 cm³/mol. The zero-order chi connectivity index (χ0) is 9.10. The van der Waals surface area contributed by atoms with Crippen molar-refractivity contribution >= 4 is 15.9 Å². The molecule has 1 aromatic heterocycles. The Morgan fingerprint density at radius 2 is 2.23 bits per heavy atom. The minimum atomic E-state index is 0.867. The van der Waals surface area contributed by atoms with Gasteiger partial charge in [-0.15, -0.1) is 0 Å². The maximum atomic E-state index is 5.18. The van der Waals surface area contributed by atoms with E-state index in [0.29, 0.717) is 0 Å². The fourth-order valence-electron chi connectivity index (χ4n) is 1.54. The number of furan rings is 1. The van der Waals surface area contributed by atoms with E-state index in [9.17, 15) is 0 Å². The topological polar surface area (TPSA) is 28.4 Å². The Morgan fingerprint density at radius 1 is 1.46 bits per heavy atom. The smallest absolute Gasteiger partial charge is 0.173 e. The molecule has 13 heavy (non-hydrogen) atoms. The SMILES string of the molecule is Brc1occc1CN1CCNCC1. The quantitative estimate of drug-likeness (QED) is 0.854. The van der Waals surface area contributed by atoms with Crippen molar-refractivity contribution in [3.8, 4) is 0 Å². The molecular weight excluding hydrogens is 232 g/mol. The summed E-state index contributed by atoms with van der Waals surface area (Å²) < 4.78 is 6.05. The molecule has 0 aromatic carbocycles. The fourth-order valence-corrected chi connectivity index (χ4v) is 1.91. The number of rotatable bonds is 2. The molecule has 1 fully saturated rings. The number of nitrogens with one attached hydrogen (secondary N) is 1. The van der Waals surface area contributed by atoms with Crippen molar-refractivity contribution in [1.82, 2.24) is 10.2 Å². The van der Waals surface area contributed by atoms with Crippen LogP contribution in [0.25, 0.3) is 0 Å². The molecule has 0 unspecified atom stereocenters. The highest BCUT2D eigenvalue weighted by molar-refractivity contribution is 9.10. The van der Waals surface area contributed by atoms with Crippen molar-refractivity contribution in [1.29, 1.82) is 0 Å². The van der Waals surface area contributed by atoms with Crippen LogP contribution >= 0.6 is 15.9 Å². The summed E-state index contributed by atoms with van der Waals surface area (Å²) in [5.41, 5.74) is 1.24. The van der Waals surface area contributed by atoms with Crippen molar-refractivity contribution in [2.45, 2.75) is 6.54 Å². The van der Waals surface area contributed by atoms with Crippen molar-refractivity contribution in [2.75, 3.05) is 26.2 Å². The zero-order valence-corrected chi connectivity index (χ0v) is 9.01. The van der Waals surface area contributed by atoms with Crippen LogP contribution < -0.4 is 5.32 Å². The summed E-state index contributed by atoms with van der Waals surface area (Å²) in [7, 11) is 0. The largest absolute Gasteiger partial charge is 0.457 e. The number of hydrogen-bond acceptors (Lipinski definition) is 3. The summed E-state index contributed by atoms with van der Waals surface area (Å²) in [5.74, 6) is 0. The summed E-state index contributed by atoms with van der Waals surface area (Å²) in [6, 6.07) is 2.02. The third-order valence-corrected chi connectivity index (χ3v) is 2.99. The van der Waals surface area contributed by atoms with Gasteiger partial charge in [0.2, 0.25) is 0 Å². The lowest BCUT2D eigenvalue weighted by atomic mass is 10.3. The third kappa shape index (κ3) is 2.33. The molecule has 0 radical (unpaired) electrons. The Bertz CT molecular complexity index is 268. The van der Waals surface area contributed by atoms with E-state index in [1.165, 1.54) is 5.56 Å². The van der Waals surface area contributed by atoms with Crippen molar-refractivity contribution in [2.24, 2.45) is 0 Å². The van der Waals surface area contributed by atoms with Crippen LogP contribution in [0.1, 0.15) is 5.56 Å². The molecule has 1 aromatic rings. The predicted octanol–water partition coefficient (Wildman–Crippen LogP) is 1.45. The Balaban J connectivity index is 1.93. The summed E-state index contributed by atoms with van der Waals surface area (Å²) in [6.45, 7) is 5.42. The lowest BCUT2D eigenvalue weighted by Crippen LogP contribution is -2.42. The molecule has 0 aliphatic carbocycles. The molecule has 0 saturated carbocycles. The molecule has 0 spiro atoms. The molecule has 72 valence electrons. The van der Waals surface area contributed by atoms with Gasteiger partial charge in [0.15, 0.2) is 4.67 Å². The second-order valence-corrected chi connectivity index (χ2v) is 3.97. The van der Waals surface area contributed by atoms with Gasteiger partial charge in [0, 0.05) is 38.3 Å². The molecule has 0 amide bonds. The first-order chi connectivity index (χ1) is 6.36. The summed E-state index contributed by atoms with van der Waals surface area (Å²) in [6.07, 6.45) is 1.72. The molecule has 1 aliphatic heterocycles. The number of hydrogen-bond donors (Lipinski definition) is 1. The van der Waals surface area contributed by atoms with Crippen LogP contribution in [0.5, 0.6) is 0 Å². The zero-order valence-electron chi connectivity index (χ0n) is 7.42. The normalized spacial score (nSPS) is 19.2. The highest BCUT2D eigenvalue weighted by Gasteiger charge is 2.12. The first-order valence-electron chi connectivity index (χ1n) is 4.51. The molecule has 1 saturated heterocycles. The molecule has 2 rings (SSSR count). The van der Waals surface area contributed by atoms with Crippen molar-refractivity contribution in [3.63, 3.8) is 0 Å². The van der Waals surface area contributed by atoms with Crippen LogP contribution in [0, 0.1) is 0 Å². The highest BCUT2D eigenvalue weighted by Crippen LogP contribution is 2.19. The minimum absolute atomic E-state index is 0.867. The molecule has 1 aliphatic rings. The van der Waals surface area contributed by atoms with E-state index >= 15 is 0 Å². The van der Waals surface area contributed by atoms with Gasteiger partial charge in [0.25, 0.3) is 0 Å². The van der Waals surface area contributed by atoms with Crippen LogP contribution in [-0.2, 0) is 6.54 Å². The Labute approximate surface area is 86.2 Å². The summed E-state index contributed by atoms with van der Waals surface area (Å²) in [4.78, 5) is 2.42. The minimum Gasteiger partial charge on any atom is -0.457 e. The van der Waals surface area contributed by atoms with Crippen LogP contribution in [0.4, 0.5) is 0 Å². The molecule has 1 N–H and O–H groups in total. The van der Waals surface area contributed by atoms with E-state index in [-0.39, 0.29) is 0 Å². The standard InChI is InChI=1S/C9H13BrN2O/c10-9-8(1-6-13-9)7-12-4-2-11-3-5-12/h1,6,11H,2-5,7H2. The second-order valence-electron chi connectivity index (χ2n) is 3.25. The van der Waals surface area contributed by atoms with Gasteiger partial charge in [-0.1, -0.05) is 0 Å². The van der Waals surface area contributed by atoms with Gasteiger partial charge in [0.1, 0.15) is 0 Å². The molecule has 2 heterocycles. The van der Waals surface area contributed by atoms with Crippen LogP contribution in [-0.4, -0.2) is 31.1 Å². The average Bonchev–Trinajstić information content (AvgIpc) is 2.54. The van der Waals surface area contributed by atoms with Gasteiger partial charge >= 0.3 is 0 Å². The Morgan fingerprint density at radius 3 is 2.85 bits per heavy atom. The summed E-state index contributed by atoms with van der Waals surface area (Å²) >= 11 is 3.38. The van der Waals surface area contributed by atoms with Crippen molar-refractivity contribution in [3.05, 3.63) is 22.6 Å². The van der Waals surface area contributed by atoms with Crippen molar-refractivity contribution < 1.29 is 4.42 Å². The number of piperazine rings is 1. The number of nitrogens with zero attached hydrogens (tertiary/aromatic N) is 1. The maximum absolute atomic E-state index is 5.18. The molecular formula is C9H13BrN2O. The van der Waals surface area contributed by atoms with Gasteiger partial charge in [-0.3, -0.25) is 4.90 Å². The van der Waals surface area contributed by atoms with Gasteiger partial charge in [-0.2, -0.15) is 0 Å². The number of halogens is 1. The highest BCUT2D eigenvalue weighted by atomic mass is 79.9. The van der Waals surface area contributed by atoms with E-state index in [1.54, 1.807) is 6.26 Å². The molecule has 0 bridgehead atoms. The van der Waals surface area contributed by atoms with Gasteiger partial charge in [0.05, 0.1) is 6.26 Å². The average molecular weight is 245 g/mol. The second kappa shape index (κ2) is 4.26. The van der Waals surface area contributed by atoms with Crippen LogP contribution in [0.15, 0.2) is 21.4 Å². The third-order valence-electron chi connectivity index (χ3n) is 2.30. The van der Waals surface area contributed by atoms with E-state index in [4.69, 9.17) is 4.42 Å². The van der Waals surface area contributed by atoms with E-state index in [0.717, 1.165) is 37.4 Å². The van der Waals surface area contributed by atoms with E-state index in [1.807, 2.05) is 6.07 Å². The first kappa shape index (κ1) is 9.24. The lowest BCUT2D eigenvalue weighted by molar-refractivity contribution is 0.232. The van der Waals surface area contributed by atoms with Crippen LogP contribution in [0.3, 0.4) is 0 Å². The van der Waals surface area contributed by atoms with Crippen LogP contribution in [0.2, 0.25) is 0 Å². The van der Waals surface area contributed by atoms with E-state index in [2.05, 4.69) is 26.1 Å². The van der Waals surface area contributed by atoms with Gasteiger partial charge < -0.3 is 9.73 Å². The fraction of sp³-hybridized carbons (Fsp3) is 0.556. The lowest BCUT2D eigenvalue weighted by Gasteiger charge is -2.26. The van der Waals surface area contributed by atoms with Gasteiger partial charge in [-0.05, 0) is 22.0 Å². The molecule has 4 heteroatoms.